The summed E-state index contributed by atoms with van der Waals surface area (Å²) < 4.78 is 12.9. The maximum Gasteiger partial charge on any atom is 0.212 e. The van der Waals surface area contributed by atoms with Gasteiger partial charge in [-0.2, -0.15) is 9.49 Å². The van der Waals surface area contributed by atoms with E-state index in [1.165, 1.54) is 23.7 Å². The van der Waals surface area contributed by atoms with Crippen molar-refractivity contribution in [2.45, 2.75) is 33.1 Å². The highest BCUT2D eigenvalue weighted by atomic mass is 19.1. The quantitative estimate of drug-likeness (QED) is 0.784. The molecule has 0 spiro atoms. The summed E-state index contributed by atoms with van der Waals surface area (Å²) in [6.07, 6.45) is 4.76. The van der Waals surface area contributed by atoms with E-state index < -0.39 is 5.95 Å². The molecular formula is C14H16FN3. The van der Waals surface area contributed by atoms with Gasteiger partial charge in [0.15, 0.2) is 0 Å². The predicted octanol–water partition coefficient (Wildman–Crippen LogP) is 3.13. The van der Waals surface area contributed by atoms with Crippen LogP contribution in [0.1, 0.15) is 31.5 Å². The molecular weight excluding hydrogens is 229 g/mol. The third kappa shape index (κ3) is 1.92. The van der Waals surface area contributed by atoms with Gasteiger partial charge in [0.25, 0.3) is 0 Å². The maximum absolute atomic E-state index is 12.9. The Morgan fingerprint density at radius 3 is 2.89 bits per heavy atom. The normalized spacial score (nSPS) is 17.5. The lowest BCUT2D eigenvalue weighted by atomic mass is 9.75. The zero-order chi connectivity index (χ0) is 12.8. The van der Waals surface area contributed by atoms with E-state index in [1.807, 2.05) is 0 Å². The molecule has 0 atom stereocenters. The summed E-state index contributed by atoms with van der Waals surface area (Å²) in [7, 11) is 0. The fraction of sp³-hybridized carbons (Fsp3) is 0.429. The number of hydrogen-bond acceptors (Lipinski definition) is 2. The molecule has 4 heteroatoms. The number of nitrogens with zero attached hydrogens (tertiary/aromatic N) is 2. The highest BCUT2D eigenvalue weighted by Gasteiger charge is 2.29. The predicted molar refractivity (Wildman–Crippen MR) is 67.6 cm³/mol. The minimum Gasteiger partial charge on any atom is -0.282 e. The maximum atomic E-state index is 12.9. The molecule has 3 rings (SSSR count). The number of halogens is 1. The second-order valence-electron chi connectivity index (χ2n) is 5.74. The highest BCUT2D eigenvalue weighted by molar-refractivity contribution is 5.63. The van der Waals surface area contributed by atoms with Crippen LogP contribution in [0.2, 0.25) is 0 Å². The zero-order valence-corrected chi connectivity index (χ0v) is 10.6. The first kappa shape index (κ1) is 11.4. The van der Waals surface area contributed by atoms with Gasteiger partial charge < -0.3 is 0 Å². The van der Waals surface area contributed by atoms with Crippen molar-refractivity contribution < 1.29 is 4.39 Å². The van der Waals surface area contributed by atoms with E-state index in [2.05, 4.69) is 29.0 Å². The Balaban J connectivity index is 2.04. The smallest absolute Gasteiger partial charge is 0.212 e. The van der Waals surface area contributed by atoms with E-state index in [-0.39, 0.29) is 0 Å². The zero-order valence-electron chi connectivity index (χ0n) is 10.6. The number of aromatic nitrogens is 3. The van der Waals surface area contributed by atoms with Gasteiger partial charge in [0, 0.05) is 23.0 Å². The third-order valence-corrected chi connectivity index (χ3v) is 3.66. The Kier molecular flexibility index (Phi) is 2.47. The van der Waals surface area contributed by atoms with Crippen molar-refractivity contribution in [2.24, 2.45) is 5.41 Å². The van der Waals surface area contributed by atoms with E-state index in [1.54, 1.807) is 12.3 Å². The van der Waals surface area contributed by atoms with Crippen molar-refractivity contribution in [3.05, 3.63) is 35.5 Å². The van der Waals surface area contributed by atoms with E-state index >= 15 is 0 Å². The van der Waals surface area contributed by atoms with Crippen LogP contribution in [-0.2, 0) is 12.8 Å². The lowest BCUT2D eigenvalue weighted by Crippen LogP contribution is -2.21. The Bertz CT molecular complexity index is 569. The number of nitrogens with one attached hydrogen (secondary N) is 1. The minimum absolute atomic E-state index is 0.305. The van der Waals surface area contributed by atoms with Crippen LogP contribution in [0.4, 0.5) is 4.39 Å². The average molecular weight is 245 g/mol. The van der Waals surface area contributed by atoms with Crippen molar-refractivity contribution >= 4 is 0 Å². The first-order chi connectivity index (χ1) is 8.55. The lowest BCUT2D eigenvalue weighted by molar-refractivity contribution is 0.314. The number of rotatable bonds is 1. The summed E-state index contributed by atoms with van der Waals surface area (Å²) in [6.45, 7) is 4.55. The van der Waals surface area contributed by atoms with Gasteiger partial charge >= 0.3 is 0 Å². The molecule has 2 aromatic heterocycles. The van der Waals surface area contributed by atoms with E-state index in [0.29, 0.717) is 5.41 Å². The SMILES string of the molecule is CC1(C)CCc2[nH]nc(-c3ccc(F)nc3)c2C1. The molecule has 2 heterocycles. The van der Waals surface area contributed by atoms with Gasteiger partial charge in [0.2, 0.25) is 5.95 Å². The molecule has 18 heavy (non-hydrogen) atoms. The molecule has 0 aromatic carbocycles. The molecule has 2 aromatic rings. The first-order valence-electron chi connectivity index (χ1n) is 6.23. The van der Waals surface area contributed by atoms with Gasteiger partial charge in [-0.15, -0.1) is 0 Å². The summed E-state index contributed by atoms with van der Waals surface area (Å²) in [5, 5.41) is 7.48. The van der Waals surface area contributed by atoms with Crippen molar-refractivity contribution in [1.82, 2.24) is 15.2 Å². The molecule has 0 unspecified atom stereocenters. The van der Waals surface area contributed by atoms with Gasteiger partial charge in [-0.3, -0.25) is 5.10 Å². The second-order valence-corrected chi connectivity index (χ2v) is 5.74. The molecule has 1 N–H and O–H groups in total. The topological polar surface area (TPSA) is 41.6 Å². The van der Waals surface area contributed by atoms with Crippen LogP contribution in [0, 0.1) is 11.4 Å². The standard InChI is InChI=1S/C14H16FN3/c1-14(2)6-5-11-10(7-14)13(18-17-11)9-3-4-12(15)16-8-9/h3-4,8H,5-7H2,1-2H3,(H,17,18). The molecule has 0 saturated carbocycles. The van der Waals surface area contributed by atoms with Gasteiger partial charge in [0.1, 0.15) is 0 Å². The van der Waals surface area contributed by atoms with Crippen LogP contribution in [0.15, 0.2) is 18.3 Å². The van der Waals surface area contributed by atoms with Gasteiger partial charge in [-0.25, -0.2) is 4.98 Å². The van der Waals surface area contributed by atoms with Crippen LogP contribution in [0.3, 0.4) is 0 Å². The van der Waals surface area contributed by atoms with Crippen LogP contribution in [0.5, 0.6) is 0 Å². The minimum atomic E-state index is -0.455. The molecule has 0 fully saturated rings. The number of pyridine rings is 1. The van der Waals surface area contributed by atoms with Crippen LogP contribution in [-0.4, -0.2) is 15.2 Å². The number of aromatic amines is 1. The summed E-state index contributed by atoms with van der Waals surface area (Å²) in [4.78, 5) is 3.70. The van der Waals surface area contributed by atoms with E-state index in [9.17, 15) is 4.39 Å². The van der Waals surface area contributed by atoms with Gasteiger partial charge in [-0.1, -0.05) is 13.8 Å². The molecule has 0 amide bonds. The van der Waals surface area contributed by atoms with Crippen molar-refractivity contribution in [3.63, 3.8) is 0 Å². The van der Waals surface area contributed by atoms with Gasteiger partial charge in [-0.05, 0) is 36.8 Å². The first-order valence-corrected chi connectivity index (χ1v) is 6.23. The van der Waals surface area contributed by atoms with Crippen LogP contribution < -0.4 is 0 Å². The molecule has 1 aliphatic carbocycles. The number of H-pyrrole nitrogens is 1. The third-order valence-electron chi connectivity index (χ3n) is 3.66. The molecule has 0 aliphatic heterocycles. The Morgan fingerprint density at radius 1 is 1.33 bits per heavy atom. The fourth-order valence-electron chi connectivity index (χ4n) is 2.58. The fourth-order valence-corrected chi connectivity index (χ4v) is 2.58. The Hall–Kier alpha value is -1.71. The molecule has 0 saturated heterocycles. The van der Waals surface area contributed by atoms with Crippen molar-refractivity contribution in [3.8, 4) is 11.3 Å². The number of fused-ring (bicyclic) bond motifs is 1. The molecule has 0 radical (unpaired) electrons. The van der Waals surface area contributed by atoms with Crippen molar-refractivity contribution in [1.29, 1.82) is 0 Å². The Labute approximate surface area is 105 Å². The van der Waals surface area contributed by atoms with E-state index in [4.69, 9.17) is 0 Å². The summed E-state index contributed by atoms with van der Waals surface area (Å²) in [5.41, 5.74) is 4.59. The summed E-state index contributed by atoms with van der Waals surface area (Å²) >= 11 is 0. The van der Waals surface area contributed by atoms with Crippen LogP contribution >= 0.6 is 0 Å². The van der Waals surface area contributed by atoms with Crippen molar-refractivity contribution in [2.75, 3.05) is 0 Å². The van der Waals surface area contributed by atoms with Gasteiger partial charge in [0.05, 0.1) is 5.69 Å². The lowest BCUT2D eigenvalue weighted by Gasteiger charge is -2.29. The van der Waals surface area contributed by atoms with Crippen LogP contribution in [0.25, 0.3) is 11.3 Å². The van der Waals surface area contributed by atoms with E-state index in [0.717, 1.165) is 24.1 Å². The number of aryl methyl sites for hydroxylation is 1. The Morgan fingerprint density at radius 2 is 2.17 bits per heavy atom. The second kappa shape index (κ2) is 3.90. The monoisotopic (exact) mass is 245 g/mol. The number of hydrogen-bond donors (Lipinski definition) is 1. The molecule has 3 nitrogen and oxygen atoms in total. The molecule has 94 valence electrons. The summed E-state index contributed by atoms with van der Waals surface area (Å²) in [6, 6.07) is 3.12. The summed E-state index contributed by atoms with van der Waals surface area (Å²) in [5.74, 6) is -0.455. The molecule has 1 aliphatic rings. The molecule has 0 bridgehead atoms. The largest absolute Gasteiger partial charge is 0.282 e. The average Bonchev–Trinajstić information content (AvgIpc) is 2.71. The highest BCUT2D eigenvalue weighted by Crippen LogP contribution is 2.37.